The van der Waals surface area contributed by atoms with Gasteiger partial charge in [-0.05, 0) is 116 Å². The van der Waals surface area contributed by atoms with E-state index in [0.717, 1.165) is 42.6 Å². The van der Waals surface area contributed by atoms with Crippen LogP contribution >= 0.6 is 0 Å². The zero-order valence-electron chi connectivity index (χ0n) is 18.9. The zero-order valence-corrected chi connectivity index (χ0v) is 18.9. The number of aliphatic hydroxyl groups is 1. The Morgan fingerprint density at radius 3 is 2.32 bits per heavy atom. The second-order valence-corrected chi connectivity index (χ2v) is 12.4. The molecule has 160 valence electrons. The Morgan fingerprint density at radius 2 is 1.54 bits per heavy atom. The Kier molecular flexibility index (Phi) is 4.76. The SMILES string of the molecule is COCC12CCCC1C1CCC3C4(C)CCC(O)C(C)C4CCC3(C)C1CC2. The smallest absolute Gasteiger partial charge is 0.0568 e. The molecule has 0 spiro atoms. The topological polar surface area (TPSA) is 29.5 Å². The van der Waals surface area contributed by atoms with Gasteiger partial charge in [-0.15, -0.1) is 0 Å². The van der Waals surface area contributed by atoms with Crippen LogP contribution in [0.4, 0.5) is 0 Å². The molecule has 2 nitrogen and oxygen atoms in total. The summed E-state index contributed by atoms with van der Waals surface area (Å²) in [6, 6.07) is 0. The predicted octanol–water partition coefficient (Wildman–Crippen LogP) is 6.07. The molecule has 0 bridgehead atoms. The van der Waals surface area contributed by atoms with Crippen LogP contribution in [0, 0.1) is 51.8 Å². The standard InChI is InChI=1S/C26H44O2/c1-17-19-9-13-25(3)20-10-15-26(16-28-4)12-5-6-21(26)18(20)7-8-23(25)24(19,2)14-11-22(17)27/h17-23,27H,5-16H2,1-4H3. The van der Waals surface area contributed by atoms with E-state index in [0.29, 0.717) is 22.2 Å². The fourth-order valence-electron chi connectivity index (χ4n) is 10.5. The molecule has 2 heteroatoms. The maximum absolute atomic E-state index is 10.5. The van der Waals surface area contributed by atoms with Crippen LogP contribution in [0.1, 0.15) is 91.4 Å². The molecule has 0 aromatic carbocycles. The van der Waals surface area contributed by atoms with E-state index in [1.54, 1.807) is 0 Å². The molecule has 0 saturated heterocycles. The van der Waals surface area contributed by atoms with Crippen molar-refractivity contribution in [3.63, 3.8) is 0 Å². The average molecular weight is 389 g/mol. The van der Waals surface area contributed by atoms with Gasteiger partial charge in [0.05, 0.1) is 12.7 Å². The highest BCUT2D eigenvalue weighted by atomic mass is 16.5. The minimum Gasteiger partial charge on any atom is -0.393 e. The van der Waals surface area contributed by atoms with Crippen LogP contribution in [0.3, 0.4) is 0 Å². The van der Waals surface area contributed by atoms with Gasteiger partial charge < -0.3 is 9.84 Å². The quantitative estimate of drug-likeness (QED) is 0.622. The summed E-state index contributed by atoms with van der Waals surface area (Å²) in [4.78, 5) is 0. The van der Waals surface area contributed by atoms with Crippen molar-refractivity contribution >= 4 is 0 Å². The molecule has 5 aliphatic rings. The molecule has 5 aliphatic carbocycles. The molecular formula is C26H44O2. The van der Waals surface area contributed by atoms with Gasteiger partial charge in [-0.2, -0.15) is 0 Å². The Balaban J connectivity index is 1.45. The lowest BCUT2D eigenvalue weighted by atomic mass is 9.37. The van der Waals surface area contributed by atoms with Crippen LogP contribution in [-0.2, 0) is 4.74 Å². The first-order chi connectivity index (χ1) is 13.4. The summed E-state index contributed by atoms with van der Waals surface area (Å²) in [6.45, 7) is 8.70. The minimum atomic E-state index is -0.0541. The molecular weight excluding hydrogens is 344 g/mol. The Bertz CT molecular complexity index is 603. The lowest BCUT2D eigenvalue weighted by Crippen LogP contribution is -2.61. The number of hydrogen-bond donors (Lipinski definition) is 1. The van der Waals surface area contributed by atoms with Gasteiger partial charge in [0.15, 0.2) is 0 Å². The summed E-state index contributed by atoms with van der Waals surface area (Å²) in [7, 11) is 1.93. The van der Waals surface area contributed by atoms with Crippen molar-refractivity contribution in [2.75, 3.05) is 13.7 Å². The second-order valence-electron chi connectivity index (χ2n) is 12.4. The normalized spacial score (nSPS) is 58.4. The average Bonchev–Trinajstić information content (AvgIpc) is 3.09. The van der Waals surface area contributed by atoms with E-state index in [4.69, 9.17) is 4.74 Å². The number of methoxy groups -OCH3 is 1. The zero-order chi connectivity index (χ0) is 19.7. The fourth-order valence-corrected chi connectivity index (χ4v) is 10.5. The summed E-state index contributed by atoms with van der Waals surface area (Å²) in [5.74, 6) is 4.96. The summed E-state index contributed by atoms with van der Waals surface area (Å²) in [6.07, 6.45) is 15.1. The largest absolute Gasteiger partial charge is 0.393 e. The first-order valence-corrected chi connectivity index (χ1v) is 12.5. The van der Waals surface area contributed by atoms with E-state index in [1.165, 1.54) is 64.2 Å². The summed E-state index contributed by atoms with van der Waals surface area (Å²) in [5, 5.41) is 10.5. The third-order valence-corrected chi connectivity index (χ3v) is 11.7. The van der Waals surface area contributed by atoms with Crippen LogP contribution in [0.5, 0.6) is 0 Å². The van der Waals surface area contributed by atoms with E-state index in [9.17, 15) is 5.11 Å². The van der Waals surface area contributed by atoms with Gasteiger partial charge in [0.1, 0.15) is 0 Å². The first kappa shape index (κ1) is 19.9. The lowest BCUT2D eigenvalue weighted by molar-refractivity contribution is -0.197. The van der Waals surface area contributed by atoms with Crippen LogP contribution in [0.15, 0.2) is 0 Å². The molecule has 0 radical (unpaired) electrons. The molecule has 5 rings (SSSR count). The van der Waals surface area contributed by atoms with Gasteiger partial charge in [0.25, 0.3) is 0 Å². The third-order valence-electron chi connectivity index (χ3n) is 11.7. The van der Waals surface area contributed by atoms with Gasteiger partial charge in [0, 0.05) is 7.11 Å². The van der Waals surface area contributed by atoms with Gasteiger partial charge in [-0.1, -0.05) is 27.2 Å². The van der Waals surface area contributed by atoms with Crippen molar-refractivity contribution in [1.29, 1.82) is 0 Å². The van der Waals surface area contributed by atoms with E-state index in [2.05, 4.69) is 20.8 Å². The number of aliphatic hydroxyl groups excluding tert-OH is 1. The van der Waals surface area contributed by atoms with E-state index in [1.807, 2.05) is 7.11 Å². The Morgan fingerprint density at radius 1 is 0.821 bits per heavy atom. The van der Waals surface area contributed by atoms with Gasteiger partial charge in [-0.25, -0.2) is 0 Å². The number of hydrogen-bond acceptors (Lipinski definition) is 2. The number of rotatable bonds is 2. The van der Waals surface area contributed by atoms with E-state index in [-0.39, 0.29) is 6.10 Å². The van der Waals surface area contributed by atoms with Gasteiger partial charge in [0.2, 0.25) is 0 Å². The van der Waals surface area contributed by atoms with Gasteiger partial charge >= 0.3 is 0 Å². The maximum Gasteiger partial charge on any atom is 0.0568 e. The Hall–Kier alpha value is -0.0800. The van der Waals surface area contributed by atoms with Crippen molar-refractivity contribution in [2.45, 2.75) is 97.5 Å². The molecule has 0 amide bonds. The van der Waals surface area contributed by atoms with Crippen LogP contribution in [0.25, 0.3) is 0 Å². The monoisotopic (exact) mass is 388 g/mol. The number of ether oxygens (including phenoxy) is 1. The van der Waals surface area contributed by atoms with Crippen molar-refractivity contribution in [3.8, 4) is 0 Å². The third kappa shape index (κ3) is 2.52. The summed E-state index contributed by atoms with van der Waals surface area (Å²) < 4.78 is 5.78. The first-order valence-electron chi connectivity index (χ1n) is 12.5. The molecule has 10 unspecified atom stereocenters. The van der Waals surface area contributed by atoms with E-state index >= 15 is 0 Å². The molecule has 0 aliphatic heterocycles. The lowest BCUT2D eigenvalue weighted by Gasteiger charge is -2.67. The summed E-state index contributed by atoms with van der Waals surface area (Å²) >= 11 is 0. The van der Waals surface area contributed by atoms with Crippen molar-refractivity contribution in [3.05, 3.63) is 0 Å². The summed E-state index contributed by atoms with van der Waals surface area (Å²) in [5.41, 5.74) is 1.52. The highest BCUT2D eigenvalue weighted by Gasteiger charge is 2.64. The second kappa shape index (κ2) is 6.71. The highest BCUT2D eigenvalue weighted by molar-refractivity contribution is 5.13. The molecule has 0 aromatic rings. The number of fused-ring (bicyclic) bond motifs is 7. The van der Waals surface area contributed by atoms with Crippen molar-refractivity contribution < 1.29 is 9.84 Å². The minimum absolute atomic E-state index is 0.0541. The molecule has 1 N–H and O–H groups in total. The van der Waals surface area contributed by atoms with Crippen molar-refractivity contribution in [2.24, 2.45) is 51.8 Å². The molecule has 28 heavy (non-hydrogen) atoms. The fraction of sp³-hybridized carbons (Fsp3) is 1.00. The maximum atomic E-state index is 10.5. The van der Waals surface area contributed by atoms with Gasteiger partial charge in [-0.3, -0.25) is 0 Å². The molecule has 5 saturated carbocycles. The van der Waals surface area contributed by atoms with E-state index < -0.39 is 0 Å². The Labute approximate surface area is 173 Å². The highest BCUT2D eigenvalue weighted by Crippen LogP contribution is 2.71. The predicted molar refractivity (Wildman–Crippen MR) is 114 cm³/mol. The van der Waals surface area contributed by atoms with Crippen LogP contribution in [-0.4, -0.2) is 24.9 Å². The molecule has 0 aromatic heterocycles. The van der Waals surface area contributed by atoms with Crippen LogP contribution in [0.2, 0.25) is 0 Å². The van der Waals surface area contributed by atoms with Crippen LogP contribution < -0.4 is 0 Å². The van der Waals surface area contributed by atoms with Crippen molar-refractivity contribution in [1.82, 2.24) is 0 Å². The molecule has 5 fully saturated rings. The molecule has 10 atom stereocenters. The molecule has 0 heterocycles.